The molecule has 1 fully saturated rings. The number of esters is 1. The minimum absolute atomic E-state index is 0.0242. The maximum atomic E-state index is 11.2. The number of hydrogen-bond acceptors (Lipinski definition) is 2. The van der Waals surface area contributed by atoms with Gasteiger partial charge in [0.05, 0.1) is 3.92 Å². The van der Waals surface area contributed by atoms with Gasteiger partial charge in [0.2, 0.25) is 0 Å². The van der Waals surface area contributed by atoms with Gasteiger partial charge in [-0.25, -0.2) is 0 Å². The summed E-state index contributed by atoms with van der Waals surface area (Å²) in [5.41, 5.74) is 1.20. The van der Waals surface area contributed by atoms with Crippen LogP contribution in [0, 0.1) is 0 Å². The number of cyclic esters (lactones) is 1. The first kappa shape index (κ1) is 12.4. The van der Waals surface area contributed by atoms with Crippen LogP contribution in [0.3, 0.4) is 0 Å². The van der Waals surface area contributed by atoms with E-state index in [0.717, 1.165) is 17.3 Å². The lowest BCUT2D eigenvalue weighted by Gasteiger charge is -2.26. The zero-order valence-corrected chi connectivity index (χ0v) is 12.4. The van der Waals surface area contributed by atoms with Crippen molar-refractivity contribution in [3.8, 4) is 0 Å². The van der Waals surface area contributed by atoms with Crippen molar-refractivity contribution in [1.29, 1.82) is 0 Å². The normalized spacial score (nSPS) is 22.6. The van der Waals surface area contributed by atoms with E-state index in [-0.39, 0.29) is 16.0 Å². The van der Waals surface area contributed by atoms with Crippen LogP contribution in [0.2, 0.25) is 0 Å². The van der Waals surface area contributed by atoms with Gasteiger partial charge in [0, 0.05) is 10.9 Å². The maximum Gasteiger partial charge on any atom is 0.306 e. The van der Waals surface area contributed by atoms with Gasteiger partial charge in [-0.2, -0.15) is 0 Å². The number of carbonyl (C=O) groups is 1. The molecule has 1 aromatic rings. The van der Waals surface area contributed by atoms with Gasteiger partial charge < -0.3 is 4.74 Å². The van der Waals surface area contributed by atoms with E-state index < -0.39 is 0 Å². The van der Waals surface area contributed by atoms with Crippen LogP contribution in [0.1, 0.15) is 28.8 Å². The summed E-state index contributed by atoms with van der Waals surface area (Å²) in [5.74, 6) is -0.0621. The molecule has 1 saturated heterocycles. The summed E-state index contributed by atoms with van der Waals surface area (Å²) in [6.45, 7) is 0. The van der Waals surface area contributed by atoms with Gasteiger partial charge in [0.15, 0.2) is 0 Å². The molecule has 1 aliphatic rings. The highest BCUT2D eigenvalue weighted by atomic mass is 127. The fourth-order valence-corrected chi connectivity index (χ4v) is 3.14. The Bertz CT molecular complexity index is 394. The van der Waals surface area contributed by atoms with Crippen LogP contribution in [-0.2, 0) is 9.53 Å². The summed E-state index contributed by atoms with van der Waals surface area (Å²) in [5, 5.41) is 0. The van der Waals surface area contributed by atoms with Crippen LogP contribution in [0.5, 0.6) is 0 Å². The SMILES string of the molecule is O=C1CCCC(C(I)c2cccc(Br)c2)O1. The minimum atomic E-state index is -0.0621. The van der Waals surface area contributed by atoms with Crippen LogP contribution in [0.15, 0.2) is 28.7 Å². The molecule has 0 N–H and O–H groups in total. The van der Waals surface area contributed by atoms with Crippen molar-refractivity contribution >= 4 is 44.5 Å². The molecule has 2 nitrogen and oxygen atoms in total. The van der Waals surface area contributed by atoms with E-state index in [1.807, 2.05) is 12.1 Å². The van der Waals surface area contributed by atoms with E-state index in [0.29, 0.717) is 6.42 Å². The van der Waals surface area contributed by atoms with E-state index in [9.17, 15) is 4.79 Å². The van der Waals surface area contributed by atoms with Crippen molar-refractivity contribution < 1.29 is 9.53 Å². The number of ether oxygens (including phenoxy) is 1. The molecule has 1 heterocycles. The van der Waals surface area contributed by atoms with Crippen LogP contribution >= 0.6 is 38.5 Å². The molecule has 86 valence electrons. The molecule has 0 aromatic heterocycles. The Kier molecular flexibility index (Phi) is 4.24. The molecule has 2 rings (SSSR count). The molecule has 0 amide bonds. The fraction of sp³-hybridized carbons (Fsp3) is 0.417. The maximum absolute atomic E-state index is 11.2. The summed E-state index contributed by atoms with van der Waals surface area (Å²) in [6.07, 6.45) is 2.50. The van der Waals surface area contributed by atoms with Crippen molar-refractivity contribution in [2.75, 3.05) is 0 Å². The predicted octanol–water partition coefficient (Wildman–Crippen LogP) is 4.02. The van der Waals surface area contributed by atoms with Crippen LogP contribution < -0.4 is 0 Å². The number of benzene rings is 1. The minimum Gasteiger partial charge on any atom is -0.461 e. The van der Waals surface area contributed by atoms with Crippen LogP contribution in [0.25, 0.3) is 0 Å². The average Bonchev–Trinajstić information content (AvgIpc) is 2.28. The molecule has 2 unspecified atom stereocenters. The van der Waals surface area contributed by atoms with Gasteiger partial charge >= 0.3 is 5.97 Å². The zero-order chi connectivity index (χ0) is 11.5. The Labute approximate surface area is 117 Å². The number of hydrogen-bond donors (Lipinski definition) is 0. The molecule has 0 aliphatic carbocycles. The standard InChI is InChI=1S/C12H12BrIO2/c13-9-4-1-3-8(7-9)12(14)10-5-2-6-11(15)16-10/h1,3-4,7,10,12H,2,5-6H2. The third kappa shape index (κ3) is 2.97. The van der Waals surface area contributed by atoms with Gasteiger partial charge in [0.25, 0.3) is 0 Å². The largest absolute Gasteiger partial charge is 0.461 e. The first-order valence-corrected chi connectivity index (χ1v) is 7.29. The Balaban J connectivity index is 2.12. The second-order valence-corrected chi connectivity index (χ2v) is 6.13. The highest BCUT2D eigenvalue weighted by Gasteiger charge is 2.27. The van der Waals surface area contributed by atoms with Gasteiger partial charge in [0.1, 0.15) is 6.10 Å². The lowest BCUT2D eigenvalue weighted by Crippen LogP contribution is -2.26. The van der Waals surface area contributed by atoms with E-state index in [2.05, 4.69) is 50.7 Å². The first-order valence-electron chi connectivity index (χ1n) is 5.26. The van der Waals surface area contributed by atoms with Crippen molar-refractivity contribution in [3.63, 3.8) is 0 Å². The number of carbonyl (C=O) groups excluding carboxylic acids is 1. The number of rotatable bonds is 2. The van der Waals surface area contributed by atoms with E-state index in [4.69, 9.17) is 4.74 Å². The van der Waals surface area contributed by atoms with Gasteiger partial charge in [-0.05, 0) is 30.5 Å². The average molecular weight is 395 g/mol. The Morgan fingerprint density at radius 2 is 2.31 bits per heavy atom. The molecule has 16 heavy (non-hydrogen) atoms. The highest BCUT2D eigenvalue weighted by molar-refractivity contribution is 14.1. The van der Waals surface area contributed by atoms with Gasteiger partial charge in [-0.3, -0.25) is 4.79 Å². The molecule has 1 aliphatic heterocycles. The second kappa shape index (κ2) is 5.49. The fourth-order valence-electron chi connectivity index (χ4n) is 1.83. The lowest BCUT2D eigenvalue weighted by atomic mass is 10.0. The van der Waals surface area contributed by atoms with Gasteiger partial charge in [-0.15, -0.1) is 0 Å². The summed E-state index contributed by atoms with van der Waals surface area (Å²) in [6, 6.07) is 8.17. The van der Waals surface area contributed by atoms with Crippen LogP contribution in [0.4, 0.5) is 0 Å². The van der Waals surface area contributed by atoms with E-state index in [1.165, 1.54) is 5.56 Å². The lowest BCUT2D eigenvalue weighted by molar-refractivity contribution is -0.153. The second-order valence-electron chi connectivity index (χ2n) is 3.88. The summed E-state index contributed by atoms with van der Waals surface area (Å²) in [7, 11) is 0. The Morgan fingerprint density at radius 3 is 3.00 bits per heavy atom. The molecule has 0 radical (unpaired) electrons. The van der Waals surface area contributed by atoms with Crippen molar-refractivity contribution in [3.05, 3.63) is 34.3 Å². The number of halogens is 2. The Morgan fingerprint density at radius 1 is 1.50 bits per heavy atom. The first-order chi connectivity index (χ1) is 7.66. The molecule has 1 aromatic carbocycles. The summed E-state index contributed by atoms with van der Waals surface area (Å²) < 4.78 is 6.68. The van der Waals surface area contributed by atoms with Crippen molar-refractivity contribution in [2.24, 2.45) is 0 Å². The third-order valence-electron chi connectivity index (χ3n) is 2.65. The zero-order valence-electron chi connectivity index (χ0n) is 8.66. The predicted molar refractivity (Wildman–Crippen MR) is 74.6 cm³/mol. The highest BCUT2D eigenvalue weighted by Crippen LogP contribution is 2.35. The summed E-state index contributed by atoms with van der Waals surface area (Å²) >= 11 is 5.81. The van der Waals surface area contributed by atoms with Crippen LogP contribution in [-0.4, -0.2) is 12.1 Å². The van der Waals surface area contributed by atoms with Crippen molar-refractivity contribution in [1.82, 2.24) is 0 Å². The molecule has 4 heteroatoms. The summed E-state index contributed by atoms with van der Waals surface area (Å²) in [4.78, 5) is 11.2. The smallest absolute Gasteiger partial charge is 0.306 e. The van der Waals surface area contributed by atoms with Gasteiger partial charge in [-0.1, -0.05) is 50.7 Å². The van der Waals surface area contributed by atoms with Crippen molar-refractivity contribution in [2.45, 2.75) is 29.3 Å². The topological polar surface area (TPSA) is 26.3 Å². The number of alkyl halides is 1. The quantitative estimate of drug-likeness (QED) is 0.430. The molecule has 0 bridgehead atoms. The Hall–Kier alpha value is -0.100. The van der Waals surface area contributed by atoms with E-state index in [1.54, 1.807) is 0 Å². The molecule has 0 spiro atoms. The molecular weight excluding hydrogens is 383 g/mol. The molecule has 0 saturated carbocycles. The molecule has 2 atom stereocenters. The third-order valence-corrected chi connectivity index (χ3v) is 4.66. The molecular formula is C12H12BrIO2. The van der Waals surface area contributed by atoms with E-state index >= 15 is 0 Å². The monoisotopic (exact) mass is 394 g/mol.